The Hall–Kier alpha value is -2.87. The van der Waals surface area contributed by atoms with Crippen molar-refractivity contribution in [3.05, 3.63) is 64.6 Å². The van der Waals surface area contributed by atoms with Gasteiger partial charge in [0.25, 0.3) is 12.3 Å². The number of carbonyl (C=O) groups is 1. The van der Waals surface area contributed by atoms with E-state index >= 15 is 0 Å². The molecule has 0 bridgehead atoms. The molecule has 8 heteroatoms. The molecule has 0 saturated carbocycles. The summed E-state index contributed by atoms with van der Waals surface area (Å²) in [6.45, 7) is 6.08. The van der Waals surface area contributed by atoms with Crippen molar-refractivity contribution in [3.63, 3.8) is 0 Å². The maximum Gasteiger partial charge on any atom is 0.280 e. The highest BCUT2D eigenvalue weighted by atomic mass is 19.3. The number of aryl methyl sites for hydroxylation is 2. The highest BCUT2D eigenvalue weighted by Gasteiger charge is 2.25. The van der Waals surface area contributed by atoms with E-state index in [2.05, 4.69) is 44.6 Å². The lowest BCUT2D eigenvalue weighted by Gasteiger charge is -2.28. The average molecular weight is 413 g/mol. The van der Waals surface area contributed by atoms with E-state index in [9.17, 15) is 13.6 Å². The minimum atomic E-state index is -2.70. The molecule has 1 aromatic carbocycles. The Morgan fingerprint density at radius 1 is 1.17 bits per heavy atom. The van der Waals surface area contributed by atoms with Crippen LogP contribution in [0, 0.1) is 13.8 Å². The second-order valence-corrected chi connectivity index (χ2v) is 7.80. The Morgan fingerprint density at radius 2 is 1.87 bits per heavy atom. The van der Waals surface area contributed by atoms with Crippen LogP contribution in [0.3, 0.4) is 0 Å². The number of hydrogen-bond acceptors (Lipinski definition) is 4. The number of nitrogens with one attached hydrogen (secondary N) is 1. The van der Waals surface area contributed by atoms with Crippen molar-refractivity contribution in [1.29, 1.82) is 0 Å². The lowest BCUT2D eigenvalue weighted by molar-refractivity contribution is 0.0939. The lowest BCUT2D eigenvalue weighted by atomic mass is 10.0. The monoisotopic (exact) mass is 413 g/mol. The van der Waals surface area contributed by atoms with E-state index in [4.69, 9.17) is 0 Å². The molecule has 158 valence electrons. The second kappa shape index (κ2) is 8.47. The van der Waals surface area contributed by atoms with Crippen molar-refractivity contribution in [3.8, 4) is 0 Å². The summed E-state index contributed by atoms with van der Waals surface area (Å²) in [5.74, 6) is -0.361. The first kappa shape index (κ1) is 20.4. The van der Waals surface area contributed by atoms with Crippen LogP contribution in [0.25, 0.3) is 5.65 Å². The van der Waals surface area contributed by atoms with Crippen LogP contribution in [0.4, 0.5) is 8.78 Å². The van der Waals surface area contributed by atoms with Gasteiger partial charge in [-0.2, -0.15) is 5.10 Å². The van der Waals surface area contributed by atoms with E-state index in [1.165, 1.54) is 17.8 Å². The number of rotatable bonds is 6. The number of nitrogens with zero attached hydrogens (tertiary/aromatic N) is 4. The quantitative estimate of drug-likeness (QED) is 0.667. The van der Waals surface area contributed by atoms with E-state index in [0.717, 1.165) is 36.0 Å². The molecular weight excluding hydrogens is 388 g/mol. The Labute approximate surface area is 173 Å². The minimum Gasteiger partial charge on any atom is -0.350 e. The highest BCUT2D eigenvalue weighted by Crippen LogP contribution is 2.26. The van der Waals surface area contributed by atoms with Gasteiger partial charge in [-0.3, -0.25) is 9.69 Å². The van der Waals surface area contributed by atoms with Gasteiger partial charge in [0.2, 0.25) is 0 Å². The molecule has 1 aliphatic heterocycles. The van der Waals surface area contributed by atoms with Crippen LogP contribution < -0.4 is 5.32 Å². The molecule has 1 fully saturated rings. The number of aromatic nitrogens is 3. The van der Waals surface area contributed by atoms with Gasteiger partial charge in [-0.25, -0.2) is 18.3 Å². The van der Waals surface area contributed by atoms with Gasteiger partial charge in [0.15, 0.2) is 5.65 Å². The lowest BCUT2D eigenvalue weighted by Crippen LogP contribution is -2.36. The number of benzene rings is 1. The number of carbonyl (C=O) groups excluding carboxylic acids is 1. The number of likely N-dealkylation sites (tertiary alicyclic amines) is 1. The van der Waals surface area contributed by atoms with Crippen LogP contribution in [0.2, 0.25) is 0 Å². The Balaban J connectivity index is 1.57. The van der Waals surface area contributed by atoms with Crippen molar-refractivity contribution in [2.75, 3.05) is 19.6 Å². The summed E-state index contributed by atoms with van der Waals surface area (Å²) in [4.78, 5) is 19.5. The van der Waals surface area contributed by atoms with Crippen molar-refractivity contribution in [1.82, 2.24) is 24.8 Å². The fraction of sp³-hybridized carbons (Fsp3) is 0.409. The second-order valence-electron chi connectivity index (χ2n) is 7.80. The van der Waals surface area contributed by atoms with E-state index in [1.54, 1.807) is 6.92 Å². The fourth-order valence-electron chi connectivity index (χ4n) is 4.01. The molecule has 1 aliphatic rings. The number of fused-ring (bicyclic) bond motifs is 1. The summed E-state index contributed by atoms with van der Waals surface area (Å²) in [7, 11) is 0. The molecule has 0 aliphatic carbocycles. The first-order chi connectivity index (χ1) is 14.4. The molecule has 1 unspecified atom stereocenters. The van der Waals surface area contributed by atoms with Gasteiger partial charge in [0.05, 0.1) is 12.2 Å². The summed E-state index contributed by atoms with van der Waals surface area (Å²) >= 11 is 0. The van der Waals surface area contributed by atoms with Crippen LogP contribution in [0.1, 0.15) is 58.2 Å². The van der Waals surface area contributed by atoms with Crippen LogP contribution >= 0.6 is 0 Å². The molecule has 2 aromatic heterocycles. The molecule has 1 N–H and O–H groups in total. The smallest absolute Gasteiger partial charge is 0.280 e. The zero-order valence-corrected chi connectivity index (χ0v) is 17.1. The van der Waals surface area contributed by atoms with Crippen molar-refractivity contribution in [2.24, 2.45) is 0 Å². The zero-order valence-electron chi connectivity index (χ0n) is 17.1. The maximum atomic E-state index is 13.3. The Morgan fingerprint density at radius 3 is 2.53 bits per heavy atom. The van der Waals surface area contributed by atoms with Gasteiger partial charge in [-0.05, 0) is 51.4 Å². The normalized spacial score (nSPS) is 15.8. The van der Waals surface area contributed by atoms with Gasteiger partial charge < -0.3 is 5.32 Å². The summed E-state index contributed by atoms with van der Waals surface area (Å²) in [5, 5.41) is 6.95. The molecule has 1 saturated heterocycles. The molecule has 1 atom stereocenters. The number of halogens is 2. The topological polar surface area (TPSA) is 62.5 Å². The Bertz CT molecular complexity index is 1040. The molecule has 0 spiro atoms. The summed E-state index contributed by atoms with van der Waals surface area (Å²) < 4.78 is 27.7. The summed E-state index contributed by atoms with van der Waals surface area (Å²) in [5.41, 5.74) is 2.83. The minimum absolute atomic E-state index is 0.0604. The zero-order chi connectivity index (χ0) is 21.3. The van der Waals surface area contributed by atoms with Crippen LogP contribution in [-0.4, -0.2) is 45.0 Å². The maximum absolute atomic E-state index is 13.3. The van der Waals surface area contributed by atoms with Gasteiger partial charge >= 0.3 is 0 Å². The molecule has 6 nitrogen and oxygen atoms in total. The van der Waals surface area contributed by atoms with E-state index in [1.807, 2.05) is 6.92 Å². The van der Waals surface area contributed by atoms with Crippen molar-refractivity contribution in [2.45, 2.75) is 39.2 Å². The fourth-order valence-corrected chi connectivity index (χ4v) is 4.01. The van der Waals surface area contributed by atoms with Gasteiger partial charge in [-0.15, -0.1) is 0 Å². The van der Waals surface area contributed by atoms with E-state index < -0.39 is 6.43 Å². The standard InChI is InChI=1S/C22H25F2N5O/c1-14-5-7-16(8-6-14)19(28-9-3-4-10-28)13-25-22(30)17-12-26-29-18(20(23)24)11-15(2)27-21(17)29/h5-8,11-12,19-20H,3-4,9-10,13H2,1-2H3,(H,25,30). The van der Waals surface area contributed by atoms with Crippen LogP contribution in [-0.2, 0) is 0 Å². The predicted molar refractivity (Wildman–Crippen MR) is 110 cm³/mol. The van der Waals surface area contributed by atoms with E-state index in [0.29, 0.717) is 12.2 Å². The largest absolute Gasteiger partial charge is 0.350 e. The molecule has 4 rings (SSSR count). The molecule has 3 heterocycles. The third-order valence-electron chi connectivity index (χ3n) is 5.60. The average Bonchev–Trinajstić information content (AvgIpc) is 3.38. The molecule has 0 radical (unpaired) electrons. The SMILES string of the molecule is Cc1ccc(C(CNC(=O)c2cnn3c(C(F)F)cc(C)nc23)N2CCCC2)cc1. The van der Waals surface area contributed by atoms with Crippen LogP contribution in [0.5, 0.6) is 0 Å². The van der Waals surface area contributed by atoms with Crippen molar-refractivity contribution >= 4 is 11.6 Å². The van der Waals surface area contributed by atoms with E-state index in [-0.39, 0.29) is 28.9 Å². The highest BCUT2D eigenvalue weighted by molar-refractivity contribution is 5.99. The summed E-state index contributed by atoms with van der Waals surface area (Å²) in [6, 6.07) is 9.69. The Kier molecular flexibility index (Phi) is 5.76. The predicted octanol–water partition coefficient (Wildman–Crippen LogP) is 3.85. The molecule has 3 aromatic rings. The molecular formula is C22H25F2N5O. The number of hydrogen-bond donors (Lipinski definition) is 1. The van der Waals surface area contributed by atoms with Gasteiger partial charge in [0.1, 0.15) is 11.3 Å². The third kappa shape index (κ3) is 4.05. The molecule has 30 heavy (non-hydrogen) atoms. The first-order valence-corrected chi connectivity index (χ1v) is 10.2. The first-order valence-electron chi connectivity index (χ1n) is 10.2. The van der Waals surface area contributed by atoms with Crippen molar-refractivity contribution < 1.29 is 13.6 Å². The summed E-state index contributed by atoms with van der Waals surface area (Å²) in [6.07, 6.45) is 0.888. The third-order valence-corrected chi connectivity index (χ3v) is 5.60. The van der Waals surface area contributed by atoms with Gasteiger partial charge in [-0.1, -0.05) is 29.8 Å². The van der Waals surface area contributed by atoms with Crippen LogP contribution in [0.15, 0.2) is 36.5 Å². The van der Waals surface area contributed by atoms with Gasteiger partial charge in [0, 0.05) is 12.2 Å². The number of amides is 1. The number of alkyl halides is 2. The molecule has 1 amide bonds.